The van der Waals surface area contributed by atoms with Gasteiger partial charge in [-0.3, -0.25) is 9.59 Å². The molecule has 5 nitrogen and oxygen atoms in total. The van der Waals surface area contributed by atoms with Gasteiger partial charge in [-0.15, -0.1) is 0 Å². The molecule has 25 heavy (non-hydrogen) atoms. The van der Waals surface area contributed by atoms with Crippen molar-refractivity contribution in [2.75, 3.05) is 0 Å². The van der Waals surface area contributed by atoms with E-state index in [9.17, 15) is 9.59 Å². The Kier molecular flexibility index (Phi) is 4.31. The number of fused-ring (bicyclic) bond motifs is 2. The van der Waals surface area contributed by atoms with Crippen LogP contribution in [0.1, 0.15) is 46.2 Å². The van der Waals surface area contributed by atoms with Crippen molar-refractivity contribution in [3.05, 3.63) is 46.8 Å². The minimum absolute atomic E-state index is 0.00355. The molecule has 2 N–H and O–H groups in total. The Bertz CT molecular complexity index is 817. The Morgan fingerprint density at radius 2 is 2.12 bits per heavy atom. The lowest BCUT2D eigenvalue weighted by Gasteiger charge is -2.20. The molecule has 130 valence electrons. The fourth-order valence-electron chi connectivity index (χ4n) is 3.61. The van der Waals surface area contributed by atoms with Gasteiger partial charge in [0.05, 0.1) is 4.88 Å². The van der Waals surface area contributed by atoms with E-state index in [1.807, 2.05) is 0 Å². The van der Waals surface area contributed by atoms with Crippen molar-refractivity contribution < 1.29 is 14.3 Å². The van der Waals surface area contributed by atoms with Crippen LogP contribution in [0.4, 0.5) is 0 Å². The first-order chi connectivity index (χ1) is 12.1. The Morgan fingerprint density at radius 3 is 2.84 bits per heavy atom. The van der Waals surface area contributed by atoms with Crippen molar-refractivity contribution in [1.82, 2.24) is 10.6 Å². The molecular weight excluding hydrogens is 336 g/mol. The Labute approximate surface area is 150 Å². The van der Waals surface area contributed by atoms with Gasteiger partial charge in [-0.2, -0.15) is 0 Å². The van der Waals surface area contributed by atoms with Crippen molar-refractivity contribution >= 4 is 23.0 Å². The second-order valence-corrected chi connectivity index (χ2v) is 7.71. The second-order valence-electron chi connectivity index (χ2n) is 6.67. The molecule has 2 aromatic rings. The van der Waals surface area contributed by atoms with Crippen LogP contribution in [0, 0.1) is 0 Å². The molecular formula is C19H20N2O3S. The topological polar surface area (TPSA) is 67.4 Å². The third kappa shape index (κ3) is 3.45. The lowest BCUT2D eigenvalue weighted by Crippen LogP contribution is -2.42. The third-order valence-electron chi connectivity index (χ3n) is 4.88. The fourth-order valence-corrected chi connectivity index (χ4v) is 4.39. The number of rotatable bonds is 5. The maximum absolute atomic E-state index is 12.5. The lowest BCUT2D eigenvalue weighted by atomic mass is 9.95. The summed E-state index contributed by atoms with van der Waals surface area (Å²) in [6, 6.07) is 11.8. The highest BCUT2D eigenvalue weighted by Gasteiger charge is 2.39. The lowest BCUT2D eigenvalue weighted by molar-refractivity contribution is 0.0934. The summed E-state index contributed by atoms with van der Waals surface area (Å²) in [5.74, 6) is 0.548. The smallest absolute Gasteiger partial charge is 0.261 e. The summed E-state index contributed by atoms with van der Waals surface area (Å²) in [7, 11) is 0. The average Bonchev–Trinajstić information content (AvgIpc) is 3.31. The molecule has 2 bridgehead atoms. The number of hydrogen-bond donors (Lipinski definition) is 2. The Hall–Kier alpha value is -2.18. The number of thiophene rings is 1. The number of hydrogen-bond acceptors (Lipinski definition) is 5. The quantitative estimate of drug-likeness (QED) is 0.806. The second kappa shape index (κ2) is 6.61. The van der Waals surface area contributed by atoms with E-state index >= 15 is 0 Å². The molecule has 1 aromatic carbocycles. The summed E-state index contributed by atoms with van der Waals surface area (Å²) in [5.41, 5.74) is 0.607. The molecule has 3 heterocycles. The van der Waals surface area contributed by atoms with E-state index in [1.54, 1.807) is 36.4 Å². The molecule has 1 aromatic heterocycles. The molecule has 3 atom stereocenters. The molecule has 4 rings (SSSR count). The van der Waals surface area contributed by atoms with E-state index in [0.717, 1.165) is 12.8 Å². The summed E-state index contributed by atoms with van der Waals surface area (Å²) >= 11 is 1.31. The van der Waals surface area contributed by atoms with Crippen molar-refractivity contribution in [2.24, 2.45) is 0 Å². The van der Waals surface area contributed by atoms with E-state index in [2.05, 4.69) is 10.6 Å². The maximum Gasteiger partial charge on any atom is 0.261 e. The standard InChI is InChI=1S/C19H20N2O3S/c1-11(22)12-3-2-4-14(9-12)24-18-8-7-17(25-18)19(23)21-16-10-13-5-6-15(16)20-13/h2-4,7-9,13,15-16,20H,5-6,10H2,1H3,(H,21,23). The molecule has 0 radical (unpaired) electrons. The van der Waals surface area contributed by atoms with Crippen LogP contribution >= 0.6 is 11.3 Å². The minimum Gasteiger partial charge on any atom is -0.447 e. The average molecular weight is 356 g/mol. The van der Waals surface area contributed by atoms with Crippen molar-refractivity contribution in [1.29, 1.82) is 0 Å². The van der Waals surface area contributed by atoms with Gasteiger partial charge in [0.2, 0.25) is 0 Å². The number of carbonyl (C=O) groups excluding carboxylic acids is 2. The van der Waals surface area contributed by atoms with Gasteiger partial charge in [0, 0.05) is 23.7 Å². The van der Waals surface area contributed by atoms with Gasteiger partial charge in [-0.1, -0.05) is 23.5 Å². The highest BCUT2D eigenvalue weighted by molar-refractivity contribution is 7.15. The summed E-state index contributed by atoms with van der Waals surface area (Å²) < 4.78 is 5.79. The highest BCUT2D eigenvalue weighted by atomic mass is 32.1. The number of carbonyl (C=O) groups is 2. The van der Waals surface area contributed by atoms with Gasteiger partial charge >= 0.3 is 0 Å². The number of ketones is 1. The van der Waals surface area contributed by atoms with E-state index in [1.165, 1.54) is 24.7 Å². The number of amides is 1. The molecule has 0 aliphatic carbocycles. The molecule has 0 spiro atoms. The zero-order valence-electron chi connectivity index (χ0n) is 14.0. The predicted octanol–water partition coefficient (Wildman–Crippen LogP) is 3.37. The fraction of sp³-hybridized carbons (Fsp3) is 0.368. The van der Waals surface area contributed by atoms with Crippen LogP contribution in [0.5, 0.6) is 10.8 Å². The van der Waals surface area contributed by atoms with Crippen LogP contribution in [0.3, 0.4) is 0 Å². The molecule has 3 unspecified atom stereocenters. The minimum atomic E-state index is -0.0447. The number of nitrogens with one attached hydrogen (secondary N) is 2. The zero-order chi connectivity index (χ0) is 17.4. The van der Waals surface area contributed by atoms with Gasteiger partial charge < -0.3 is 15.4 Å². The zero-order valence-corrected chi connectivity index (χ0v) is 14.8. The highest BCUT2D eigenvalue weighted by Crippen LogP contribution is 2.31. The Balaban J connectivity index is 1.40. The van der Waals surface area contributed by atoms with Crippen LogP contribution in [0.15, 0.2) is 36.4 Å². The van der Waals surface area contributed by atoms with Gasteiger partial charge in [-0.05, 0) is 50.5 Å². The summed E-state index contributed by atoms with van der Waals surface area (Å²) in [4.78, 5) is 24.5. The Morgan fingerprint density at radius 1 is 1.24 bits per heavy atom. The molecule has 2 saturated heterocycles. The number of Topliss-reactive ketones (excluding diaryl/α,β-unsaturated/α-hetero) is 1. The summed E-state index contributed by atoms with van der Waals surface area (Å²) in [6.45, 7) is 1.53. The van der Waals surface area contributed by atoms with Crippen LogP contribution < -0.4 is 15.4 Å². The largest absolute Gasteiger partial charge is 0.447 e. The SMILES string of the molecule is CC(=O)c1cccc(Oc2ccc(C(=O)NC3CC4CCC3N4)s2)c1. The molecule has 2 aliphatic rings. The first-order valence-corrected chi connectivity index (χ1v) is 9.36. The van der Waals surface area contributed by atoms with Crippen molar-refractivity contribution in [3.63, 3.8) is 0 Å². The first-order valence-electron chi connectivity index (χ1n) is 8.54. The van der Waals surface area contributed by atoms with E-state index < -0.39 is 0 Å². The van der Waals surface area contributed by atoms with Crippen molar-refractivity contribution in [2.45, 2.75) is 44.3 Å². The van der Waals surface area contributed by atoms with Crippen LogP contribution in [-0.4, -0.2) is 29.8 Å². The normalized spacial score (nSPS) is 24.3. The monoisotopic (exact) mass is 356 g/mol. The molecule has 2 aliphatic heterocycles. The maximum atomic E-state index is 12.5. The van der Waals surface area contributed by atoms with E-state index in [-0.39, 0.29) is 17.7 Å². The van der Waals surface area contributed by atoms with E-state index in [0.29, 0.717) is 33.3 Å². The number of ether oxygens (including phenoxy) is 1. The van der Waals surface area contributed by atoms with E-state index in [4.69, 9.17) is 4.74 Å². The molecule has 6 heteroatoms. The van der Waals surface area contributed by atoms with Gasteiger partial charge in [0.15, 0.2) is 10.8 Å². The predicted molar refractivity (Wildman–Crippen MR) is 96.7 cm³/mol. The first kappa shape index (κ1) is 16.3. The van der Waals surface area contributed by atoms with Crippen LogP contribution in [-0.2, 0) is 0 Å². The van der Waals surface area contributed by atoms with Gasteiger partial charge in [0.1, 0.15) is 5.75 Å². The summed E-state index contributed by atoms with van der Waals surface area (Å²) in [5, 5.41) is 7.30. The van der Waals surface area contributed by atoms with Crippen molar-refractivity contribution in [3.8, 4) is 10.8 Å². The molecule has 1 amide bonds. The van der Waals surface area contributed by atoms with Gasteiger partial charge in [-0.25, -0.2) is 0 Å². The number of benzene rings is 1. The summed E-state index contributed by atoms with van der Waals surface area (Å²) in [6.07, 6.45) is 3.37. The third-order valence-corrected chi connectivity index (χ3v) is 5.84. The van der Waals surface area contributed by atoms with Crippen LogP contribution in [0.2, 0.25) is 0 Å². The van der Waals surface area contributed by atoms with Gasteiger partial charge in [0.25, 0.3) is 5.91 Å². The van der Waals surface area contributed by atoms with Crippen LogP contribution in [0.25, 0.3) is 0 Å². The molecule has 2 fully saturated rings. The molecule has 0 saturated carbocycles.